The van der Waals surface area contributed by atoms with Gasteiger partial charge in [0.15, 0.2) is 0 Å². The molecule has 2 aromatic carbocycles. The molecule has 0 spiro atoms. The maximum absolute atomic E-state index is 10.8. The van der Waals surface area contributed by atoms with Crippen molar-refractivity contribution >= 4 is 12.6 Å². The number of aromatic hydroxyl groups is 1. The van der Waals surface area contributed by atoms with E-state index in [1.165, 1.54) is 0 Å². The molecule has 1 fully saturated rings. The lowest BCUT2D eigenvalue weighted by Gasteiger charge is -2.32. The molecule has 4 nitrogen and oxygen atoms in total. The number of phenols is 1. The molecule has 1 heterocycles. The average molecular weight is 396 g/mol. The van der Waals surface area contributed by atoms with E-state index >= 15 is 0 Å². The summed E-state index contributed by atoms with van der Waals surface area (Å²) in [6, 6.07) is 14.0. The van der Waals surface area contributed by atoms with Gasteiger partial charge in [0.2, 0.25) is 0 Å². The van der Waals surface area contributed by atoms with Gasteiger partial charge >= 0.3 is 7.12 Å². The molecule has 29 heavy (non-hydrogen) atoms. The molecule has 0 bridgehead atoms. The second-order valence-electron chi connectivity index (χ2n) is 8.85. The van der Waals surface area contributed by atoms with Gasteiger partial charge < -0.3 is 19.2 Å². The van der Waals surface area contributed by atoms with E-state index in [0.717, 1.165) is 41.4 Å². The highest BCUT2D eigenvalue weighted by molar-refractivity contribution is 6.62. The van der Waals surface area contributed by atoms with Gasteiger partial charge in [-0.05, 0) is 63.2 Å². The third kappa shape index (κ3) is 5.03. The van der Waals surface area contributed by atoms with Gasteiger partial charge in [-0.3, -0.25) is 0 Å². The van der Waals surface area contributed by atoms with Crippen LogP contribution in [0.4, 0.5) is 0 Å². The van der Waals surface area contributed by atoms with E-state index in [2.05, 4.69) is 13.0 Å². The zero-order valence-corrected chi connectivity index (χ0v) is 18.3. The molecule has 0 radical (unpaired) electrons. The second kappa shape index (κ2) is 8.91. The number of aryl methyl sites for hydroxylation is 1. The first-order valence-electron chi connectivity index (χ1n) is 10.6. The van der Waals surface area contributed by atoms with Gasteiger partial charge in [-0.1, -0.05) is 49.7 Å². The van der Waals surface area contributed by atoms with Crippen LogP contribution in [0.2, 0.25) is 0 Å². The summed E-state index contributed by atoms with van der Waals surface area (Å²) in [5.74, 6) is 0.247. The van der Waals surface area contributed by atoms with Crippen LogP contribution in [0.15, 0.2) is 42.5 Å². The average Bonchev–Trinajstić information content (AvgIpc) is 2.89. The SMILES string of the molecule is CCCCc1cc(O)c(COCc2ccccc2)c(B2OC(C)(C)C(C)(C)O2)c1. The normalized spacial score (nSPS) is 17.6. The van der Waals surface area contributed by atoms with Crippen molar-refractivity contribution in [2.45, 2.75) is 78.3 Å². The summed E-state index contributed by atoms with van der Waals surface area (Å²) in [5, 5.41) is 10.8. The third-order valence-electron chi connectivity index (χ3n) is 6.00. The van der Waals surface area contributed by atoms with Crippen LogP contribution in [0.3, 0.4) is 0 Å². The first-order chi connectivity index (χ1) is 13.7. The third-order valence-corrected chi connectivity index (χ3v) is 6.00. The van der Waals surface area contributed by atoms with Crippen LogP contribution in [0, 0.1) is 0 Å². The fourth-order valence-corrected chi connectivity index (χ4v) is 3.45. The largest absolute Gasteiger partial charge is 0.508 e. The number of rotatable bonds is 8. The highest BCUT2D eigenvalue weighted by Crippen LogP contribution is 2.37. The second-order valence-corrected chi connectivity index (χ2v) is 8.85. The number of hydrogen-bond donors (Lipinski definition) is 1. The van der Waals surface area contributed by atoms with Gasteiger partial charge in [0, 0.05) is 5.56 Å². The minimum absolute atomic E-state index is 0.247. The summed E-state index contributed by atoms with van der Waals surface area (Å²) in [4.78, 5) is 0. The molecular weight excluding hydrogens is 363 g/mol. The molecule has 5 heteroatoms. The van der Waals surface area contributed by atoms with Gasteiger partial charge in [0.05, 0.1) is 24.4 Å². The highest BCUT2D eigenvalue weighted by atomic mass is 16.7. The van der Waals surface area contributed by atoms with Crippen molar-refractivity contribution in [2.75, 3.05) is 0 Å². The molecular formula is C24H33BO4. The van der Waals surface area contributed by atoms with Crippen LogP contribution in [0.5, 0.6) is 5.75 Å². The molecule has 3 rings (SSSR count). The van der Waals surface area contributed by atoms with Crippen LogP contribution in [0.1, 0.15) is 64.2 Å². The Kier molecular flexibility index (Phi) is 6.72. The summed E-state index contributed by atoms with van der Waals surface area (Å²) < 4.78 is 18.5. The summed E-state index contributed by atoms with van der Waals surface area (Å²) in [7, 11) is -0.525. The fourth-order valence-electron chi connectivity index (χ4n) is 3.45. The van der Waals surface area contributed by atoms with Crippen LogP contribution in [-0.2, 0) is 33.7 Å². The molecule has 1 aliphatic heterocycles. The molecule has 0 amide bonds. The van der Waals surface area contributed by atoms with E-state index < -0.39 is 18.3 Å². The lowest BCUT2D eigenvalue weighted by Crippen LogP contribution is -2.41. The Labute approximate surface area is 175 Å². The van der Waals surface area contributed by atoms with Gasteiger partial charge in [-0.2, -0.15) is 0 Å². The van der Waals surface area contributed by atoms with Gasteiger partial charge in [0.1, 0.15) is 5.75 Å². The Bertz CT molecular complexity index is 801. The smallest absolute Gasteiger partial charge is 0.495 e. The lowest BCUT2D eigenvalue weighted by atomic mass is 9.74. The molecule has 0 aliphatic carbocycles. The van der Waals surface area contributed by atoms with Crippen LogP contribution >= 0.6 is 0 Å². The summed E-state index contributed by atoms with van der Waals surface area (Å²) in [5.41, 5.74) is 2.93. The number of benzene rings is 2. The highest BCUT2D eigenvalue weighted by Gasteiger charge is 2.52. The zero-order chi connectivity index (χ0) is 21.1. The van der Waals surface area contributed by atoms with Crippen molar-refractivity contribution in [3.05, 3.63) is 59.2 Å². The van der Waals surface area contributed by atoms with Gasteiger partial charge in [0.25, 0.3) is 0 Å². The van der Waals surface area contributed by atoms with Crippen molar-refractivity contribution < 1.29 is 19.2 Å². The first kappa shape index (κ1) is 21.9. The molecule has 0 atom stereocenters. The van der Waals surface area contributed by atoms with Gasteiger partial charge in [-0.15, -0.1) is 0 Å². The van der Waals surface area contributed by atoms with E-state index in [0.29, 0.717) is 13.2 Å². The first-order valence-corrected chi connectivity index (χ1v) is 10.6. The Morgan fingerprint density at radius 1 is 0.931 bits per heavy atom. The van der Waals surface area contributed by atoms with Crippen molar-refractivity contribution in [2.24, 2.45) is 0 Å². The number of hydrogen-bond acceptors (Lipinski definition) is 4. The molecule has 2 aromatic rings. The Balaban J connectivity index is 1.86. The number of ether oxygens (including phenoxy) is 1. The summed E-state index contributed by atoms with van der Waals surface area (Å²) in [6.07, 6.45) is 3.10. The van der Waals surface area contributed by atoms with E-state index in [9.17, 15) is 5.11 Å². The van der Waals surface area contributed by atoms with E-state index in [-0.39, 0.29) is 5.75 Å². The predicted molar refractivity (Wildman–Crippen MR) is 117 cm³/mol. The van der Waals surface area contributed by atoms with Gasteiger partial charge in [-0.25, -0.2) is 0 Å². The Morgan fingerprint density at radius 3 is 2.21 bits per heavy atom. The predicted octanol–water partition coefficient (Wildman–Crippen LogP) is 4.75. The van der Waals surface area contributed by atoms with E-state index in [4.69, 9.17) is 14.0 Å². The molecule has 0 saturated carbocycles. The minimum Gasteiger partial charge on any atom is -0.508 e. The van der Waals surface area contributed by atoms with Crippen molar-refractivity contribution in [3.63, 3.8) is 0 Å². The van der Waals surface area contributed by atoms with Crippen LogP contribution in [-0.4, -0.2) is 23.4 Å². The monoisotopic (exact) mass is 396 g/mol. The van der Waals surface area contributed by atoms with Crippen molar-refractivity contribution in [1.29, 1.82) is 0 Å². The molecule has 1 aliphatic rings. The van der Waals surface area contributed by atoms with E-state index in [1.807, 2.05) is 64.1 Å². The fraction of sp³-hybridized carbons (Fsp3) is 0.500. The van der Waals surface area contributed by atoms with E-state index in [1.54, 1.807) is 0 Å². The molecule has 1 saturated heterocycles. The number of phenolic OH excluding ortho intramolecular Hbond substituents is 1. The topological polar surface area (TPSA) is 47.9 Å². The zero-order valence-electron chi connectivity index (χ0n) is 18.3. The van der Waals surface area contributed by atoms with Crippen molar-refractivity contribution in [3.8, 4) is 5.75 Å². The maximum atomic E-state index is 10.8. The Morgan fingerprint density at radius 2 is 1.59 bits per heavy atom. The molecule has 0 unspecified atom stereocenters. The summed E-state index contributed by atoms with van der Waals surface area (Å²) in [6.45, 7) is 11.1. The lowest BCUT2D eigenvalue weighted by molar-refractivity contribution is 0.00578. The van der Waals surface area contributed by atoms with Crippen LogP contribution in [0.25, 0.3) is 0 Å². The quantitative estimate of drug-likeness (QED) is 0.655. The number of unbranched alkanes of at least 4 members (excludes halogenated alkanes) is 1. The molecule has 0 aromatic heterocycles. The van der Waals surface area contributed by atoms with Crippen molar-refractivity contribution in [1.82, 2.24) is 0 Å². The molecule has 1 N–H and O–H groups in total. The molecule has 156 valence electrons. The summed E-state index contributed by atoms with van der Waals surface area (Å²) >= 11 is 0. The Hall–Kier alpha value is -1.82. The van der Waals surface area contributed by atoms with Crippen LogP contribution < -0.4 is 5.46 Å². The standard InChI is InChI=1S/C24H33BO4/c1-6-7-11-19-14-21(25-28-23(2,3)24(4,5)29-25)20(22(26)15-19)17-27-16-18-12-9-8-10-13-18/h8-10,12-15,26H,6-7,11,16-17H2,1-5H3. The minimum atomic E-state index is -0.525. The maximum Gasteiger partial charge on any atom is 0.495 e.